The third-order valence-electron chi connectivity index (χ3n) is 5.12. The number of nitrogens with zero attached hydrogens (tertiary/aromatic N) is 2. The molecule has 3 aliphatic rings. The summed E-state index contributed by atoms with van der Waals surface area (Å²) in [7, 11) is 1.58. The lowest BCUT2D eigenvalue weighted by Crippen LogP contribution is -2.71. The van der Waals surface area contributed by atoms with Crippen molar-refractivity contribution in [3.63, 3.8) is 0 Å². The Morgan fingerprint density at radius 3 is 2.48 bits per heavy atom. The first-order valence-electron chi connectivity index (χ1n) is 8.62. The maximum absolute atomic E-state index is 12.6. The van der Waals surface area contributed by atoms with Crippen molar-refractivity contribution in [3.8, 4) is 0 Å². The van der Waals surface area contributed by atoms with Gasteiger partial charge in [0.2, 0.25) is 0 Å². The second-order valence-corrected chi connectivity index (χ2v) is 6.76. The molecule has 6 nitrogen and oxygen atoms in total. The second kappa shape index (κ2) is 7.30. The smallest absolute Gasteiger partial charge is 0.269 e. The molecule has 3 saturated heterocycles. The molecule has 0 aromatic carbocycles. The van der Waals surface area contributed by atoms with Crippen LogP contribution in [0.5, 0.6) is 0 Å². The van der Waals surface area contributed by atoms with Crippen LogP contribution >= 0.6 is 0 Å². The molecule has 6 heteroatoms. The van der Waals surface area contributed by atoms with Crippen molar-refractivity contribution in [1.29, 1.82) is 0 Å². The summed E-state index contributed by atoms with van der Waals surface area (Å²) in [4.78, 5) is 12.6. The number of methoxy groups -OCH3 is 1. The molecule has 0 unspecified atom stereocenters. The van der Waals surface area contributed by atoms with Crippen LogP contribution in [0, 0.1) is 0 Å². The lowest BCUT2D eigenvalue weighted by atomic mass is 9.94. The Kier molecular flexibility index (Phi) is 5.36. The highest BCUT2D eigenvalue weighted by Crippen LogP contribution is 2.35. The van der Waals surface area contributed by atoms with E-state index in [0.29, 0.717) is 12.1 Å². The van der Waals surface area contributed by atoms with Gasteiger partial charge in [-0.05, 0) is 39.5 Å². The Balaban J connectivity index is 1.77. The quantitative estimate of drug-likeness (QED) is 0.438. The van der Waals surface area contributed by atoms with Gasteiger partial charge in [0, 0.05) is 19.2 Å². The summed E-state index contributed by atoms with van der Waals surface area (Å²) >= 11 is 0. The van der Waals surface area contributed by atoms with Gasteiger partial charge in [-0.2, -0.15) is 0 Å². The molecule has 0 bridgehead atoms. The van der Waals surface area contributed by atoms with Crippen molar-refractivity contribution in [3.05, 3.63) is 11.6 Å². The van der Waals surface area contributed by atoms with E-state index in [1.807, 2.05) is 5.01 Å². The zero-order valence-electron chi connectivity index (χ0n) is 14.4. The zero-order valence-corrected chi connectivity index (χ0v) is 14.4. The summed E-state index contributed by atoms with van der Waals surface area (Å²) in [5, 5.41) is 4.17. The van der Waals surface area contributed by atoms with Crippen LogP contribution in [0.15, 0.2) is 11.6 Å². The first kappa shape index (κ1) is 16.9. The number of ether oxygens (including phenoxy) is 3. The lowest BCUT2D eigenvalue weighted by molar-refractivity contribution is -0.221. The molecular formula is C17H28N2O4. The summed E-state index contributed by atoms with van der Waals surface area (Å²) in [6, 6.07) is 0.773. The van der Waals surface area contributed by atoms with Gasteiger partial charge in [0.05, 0.1) is 13.2 Å². The van der Waals surface area contributed by atoms with Crippen molar-refractivity contribution in [1.82, 2.24) is 10.0 Å². The van der Waals surface area contributed by atoms with Gasteiger partial charge in [-0.3, -0.25) is 9.80 Å². The van der Waals surface area contributed by atoms with Gasteiger partial charge in [0.1, 0.15) is 12.8 Å². The molecule has 0 saturated carbocycles. The average Bonchev–Trinajstić information content (AvgIpc) is 2.88. The highest BCUT2D eigenvalue weighted by atomic mass is 16.7. The van der Waals surface area contributed by atoms with Crippen LogP contribution in [0.3, 0.4) is 0 Å². The van der Waals surface area contributed by atoms with E-state index in [4.69, 9.17) is 14.2 Å². The maximum atomic E-state index is 12.6. The van der Waals surface area contributed by atoms with Crippen LogP contribution in [0.1, 0.15) is 39.5 Å². The Bertz CT molecular complexity index is 450. The monoisotopic (exact) mass is 324 g/mol. The molecule has 1 amide bonds. The molecule has 3 aliphatic heterocycles. The maximum Gasteiger partial charge on any atom is 0.269 e. The number of carbonyl (C=O) groups excluding carboxylic acids is 1. The SMILES string of the molecule is COCO[C@H]1C(=O)N(N2[C@H](C)CC[C@H]2C)[C@H]1C=C1CCOCC1. The van der Waals surface area contributed by atoms with E-state index in [1.165, 1.54) is 5.57 Å². The van der Waals surface area contributed by atoms with Gasteiger partial charge in [-0.25, -0.2) is 5.01 Å². The summed E-state index contributed by atoms with van der Waals surface area (Å²) < 4.78 is 16.1. The van der Waals surface area contributed by atoms with Crippen molar-refractivity contribution in [2.45, 2.75) is 63.8 Å². The molecule has 0 aliphatic carbocycles. The van der Waals surface area contributed by atoms with Crippen molar-refractivity contribution < 1.29 is 19.0 Å². The van der Waals surface area contributed by atoms with E-state index in [1.54, 1.807) is 7.11 Å². The van der Waals surface area contributed by atoms with E-state index in [0.717, 1.165) is 38.9 Å². The standard InChI is InChI=1S/C17H28N2O4/c1-12-4-5-13(2)18(12)19-15(10-14-6-8-22-9-7-14)16(17(19)20)23-11-21-3/h10,12-13,15-16H,4-9,11H2,1-3H3/t12-,13-,15+,16-/m1/s1. The topological polar surface area (TPSA) is 51.2 Å². The number of hydrogen-bond acceptors (Lipinski definition) is 5. The third kappa shape index (κ3) is 3.31. The Morgan fingerprint density at radius 1 is 1.22 bits per heavy atom. The van der Waals surface area contributed by atoms with E-state index >= 15 is 0 Å². The van der Waals surface area contributed by atoms with Crippen LogP contribution < -0.4 is 0 Å². The Morgan fingerprint density at radius 2 is 1.87 bits per heavy atom. The van der Waals surface area contributed by atoms with Crippen molar-refractivity contribution in [2.24, 2.45) is 0 Å². The van der Waals surface area contributed by atoms with Crippen molar-refractivity contribution >= 4 is 5.91 Å². The summed E-state index contributed by atoms with van der Waals surface area (Å²) in [6.07, 6.45) is 5.95. The van der Waals surface area contributed by atoms with E-state index < -0.39 is 6.10 Å². The normalized spacial score (nSPS) is 35.5. The van der Waals surface area contributed by atoms with Crippen LogP contribution in [0.4, 0.5) is 0 Å². The number of carbonyl (C=O) groups is 1. The molecule has 0 N–H and O–H groups in total. The van der Waals surface area contributed by atoms with Gasteiger partial charge in [0.15, 0.2) is 6.10 Å². The molecule has 4 atom stereocenters. The molecule has 3 rings (SSSR count). The van der Waals surface area contributed by atoms with Crippen LogP contribution in [0.2, 0.25) is 0 Å². The average molecular weight is 324 g/mol. The molecule has 3 fully saturated rings. The minimum Gasteiger partial charge on any atom is -0.381 e. The Hall–Kier alpha value is -0.950. The molecule has 0 spiro atoms. The second-order valence-electron chi connectivity index (χ2n) is 6.76. The van der Waals surface area contributed by atoms with Crippen molar-refractivity contribution in [2.75, 3.05) is 27.1 Å². The highest BCUT2D eigenvalue weighted by molar-refractivity contribution is 5.88. The highest BCUT2D eigenvalue weighted by Gasteiger charge is 2.53. The molecule has 23 heavy (non-hydrogen) atoms. The molecule has 130 valence electrons. The van der Waals surface area contributed by atoms with Crippen LogP contribution in [0.25, 0.3) is 0 Å². The number of hydrogen-bond donors (Lipinski definition) is 0. The molecule has 0 radical (unpaired) electrons. The predicted molar refractivity (Wildman–Crippen MR) is 85.5 cm³/mol. The minimum atomic E-state index is -0.426. The molecular weight excluding hydrogens is 296 g/mol. The number of β-lactam (4-membered cyclic amide) rings is 1. The summed E-state index contributed by atoms with van der Waals surface area (Å²) in [5.74, 6) is 0.0524. The summed E-state index contributed by atoms with van der Waals surface area (Å²) in [6.45, 7) is 6.08. The first-order valence-corrected chi connectivity index (χ1v) is 8.62. The number of hydrazine groups is 1. The van der Waals surface area contributed by atoms with E-state index in [2.05, 4.69) is 24.9 Å². The van der Waals surface area contributed by atoms with Gasteiger partial charge in [-0.1, -0.05) is 11.6 Å². The van der Waals surface area contributed by atoms with Gasteiger partial charge in [0.25, 0.3) is 5.91 Å². The minimum absolute atomic E-state index is 0.0197. The fourth-order valence-corrected chi connectivity index (χ4v) is 3.85. The fraction of sp³-hybridized carbons (Fsp3) is 0.824. The molecule has 0 aromatic heterocycles. The molecule has 0 aromatic rings. The third-order valence-corrected chi connectivity index (χ3v) is 5.12. The number of amides is 1. The first-order chi connectivity index (χ1) is 11.1. The van der Waals surface area contributed by atoms with E-state index in [9.17, 15) is 4.79 Å². The van der Waals surface area contributed by atoms with Gasteiger partial charge < -0.3 is 14.2 Å². The zero-order chi connectivity index (χ0) is 16.4. The van der Waals surface area contributed by atoms with Crippen LogP contribution in [-0.4, -0.2) is 67.3 Å². The fourth-order valence-electron chi connectivity index (χ4n) is 3.85. The Labute approximate surface area is 138 Å². The van der Waals surface area contributed by atoms with Gasteiger partial charge >= 0.3 is 0 Å². The van der Waals surface area contributed by atoms with E-state index in [-0.39, 0.29) is 18.7 Å². The van der Waals surface area contributed by atoms with Gasteiger partial charge in [-0.15, -0.1) is 0 Å². The molecule has 3 heterocycles. The van der Waals surface area contributed by atoms with Crippen LogP contribution in [-0.2, 0) is 19.0 Å². The summed E-state index contributed by atoms with van der Waals surface area (Å²) in [5.41, 5.74) is 1.37. The largest absolute Gasteiger partial charge is 0.381 e. The number of rotatable bonds is 5. The lowest BCUT2D eigenvalue weighted by Gasteiger charge is -2.52. The predicted octanol–water partition coefficient (Wildman–Crippen LogP) is 1.71.